The maximum absolute atomic E-state index is 11.8. The lowest BCUT2D eigenvalue weighted by Crippen LogP contribution is -2.34. The van der Waals surface area contributed by atoms with Crippen molar-refractivity contribution < 1.29 is 9.59 Å². The molecule has 0 bridgehead atoms. The van der Waals surface area contributed by atoms with Gasteiger partial charge in [-0.05, 0) is 5.56 Å². The van der Waals surface area contributed by atoms with Gasteiger partial charge >= 0.3 is 0 Å². The van der Waals surface area contributed by atoms with Crippen molar-refractivity contribution in [1.29, 1.82) is 0 Å². The highest BCUT2D eigenvalue weighted by molar-refractivity contribution is 6.52. The van der Waals surface area contributed by atoms with Crippen LogP contribution in [0.5, 0.6) is 0 Å². The molecule has 0 radical (unpaired) electrons. The summed E-state index contributed by atoms with van der Waals surface area (Å²) in [5.41, 5.74) is 1.56. The summed E-state index contributed by atoms with van der Waals surface area (Å²) < 4.78 is 0. The van der Waals surface area contributed by atoms with Gasteiger partial charge in [0.05, 0.1) is 16.6 Å². The summed E-state index contributed by atoms with van der Waals surface area (Å²) >= 11 is 6.53. The Morgan fingerprint density at radius 1 is 1.17 bits per heavy atom. The summed E-state index contributed by atoms with van der Waals surface area (Å²) in [7, 11) is 3.61. The van der Waals surface area contributed by atoms with E-state index in [0.29, 0.717) is 35.5 Å². The molecule has 1 amide bonds. The van der Waals surface area contributed by atoms with Crippen LogP contribution in [0.4, 0.5) is 11.6 Å². The molecule has 2 aromatic rings. The number of rotatable bonds is 4. The number of aldehydes is 1. The van der Waals surface area contributed by atoms with Crippen LogP contribution in [0.2, 0.25) is 0 Å². The largest absolute Gasteiger partial charge is 0.362 e. The Balaban J connectivity index is 2.31. The first-order chi connectivity index (χ1) is 11.6. The highest BCUT2D eigenvalue weighted by Gasteiger charge is 2.36. The molecule has 1 aromatic carbocycles. The molecule has 1 unspecified atom stereocenters. The number of benzene rings is 1. The van der Waals surface area contributed by atoms with Crippen LogP contribution in [0.1, 0.15) is 17.2 Å². The number of hydrogen-bond acceptors (Lipinski definition) is 5. The monoisotopic (exact) mass is 342 g/mol. The first-order valence-corrected chi connectivity index (χ1v) is 7.64. The Bertz CT molecular complexity index is 821. The predicted octanol–water partition coefficient (Wildman–Crippen LogP) is 2.41. The van der Waals surface area contributed by atoms with Gasteiger partial charge < -0.3 is 4.90 Å². The number of halogens is 1. The van der Waals surface area contributed by atoms with Crippen LogP contribution in [-0.2, 0) is 9.59 Å². The highest BCUT2D eigenvalue weighted by atomic mass is 35.5. The first kappa shape index (κ1) is 16.1. The molecule has 1 aromatic heterocycles. The van der Waals surface area contributed by atoms with Gasteiger partial charge in [0.15, 0.2) is 0 Å². The van der Waals surface area contributed by atoms with Crippen LogP contribution in [0, 0.1) is 0 Å². The zero-order valence-corrected chi connectivity index (χ0v) is 13.9. The van der Waals surface area contributed by atoms with Gasteiger partial charge in [-0.3, -0.25) is 14.5 Å². The van der Waals surface area contributed by atoms with Crippen LogP contribution in [0.3, 0.4) is 0 Å². The maximum atomic E-state index is 11.8. The molecule has 0 saturated carbocycles. The quantitative estimate of drug-likeness (QED) is 0.798. The summed E-state index contributed by atoms with van der Waals surface area (Å²) in [6.07, 6.45) is 2.73. The second-order valence-electron chi connectivity index (χ2n) is 5.50. The fourth-order valence-electron chi connectivity index (χ4n) is 2.84. The van der Waals surface area contributed by atoms with Crippen molar-refractivity contribution in [2.24, 2.45) is 0 Å². The van der Waals surface area contributed by atoms with E-state index in [-0.39, 0.29) is 5.03 Å². The van der Waals surface area contributed by atoms with E-state index >= 15 is 0 Å². The molecule has 2 heterocycles. The minimum absolute atomic E-state index is 0.260. The predicted molar refractivity (Wildman–Crippen MR) is 92.9 cm³/mol. The van der Waals surface area contributed by atoms with Crippen LogP contribution in [0.25, 0.3) is 5.03 Å². The van der Waals surface area contributed by atoms with E-state index in [4.69, 9.17) is 11.6 Å². The molecule has 0 saturated heterocycles. The first-order valence-electron chi connectivity index (χ1n) is 7.26. The van der Waals surface area contributed by atoms with Crippen molar-refractivity contribution in [2.75, 3.05) is 23.9 Å². The summed E-state index contributed by atoms with van der Waals surface area (Å²) in [5, 5.41) is 0.260. The lowest BCUT2D eigenvalue weighted by atomic mass is 9.92. The molecule has 6 nitrogen and oxygen atoms in total. The standard InChI is InChI=1S/C17H15ClN4O2/c1-21(2)16-13-14(18)12(8-23)15(11-6-4-3-5-7-11)22(10-24)17(13)20-9-19-16/h3-10,15H,1-2H3. The number of anilines is 2. The van der Waals surface area contributed by atoms with Gasteiger partial charge in [-0.25, -0.2) is 9.97 Å². The van der Waals surface area contributed by atoms with Crippen molar-refractivity contribution in [3.8, 4) is 0 Å². The van der Waals surface area contributed by atoms with Crippen molar-refractivity contribution in [3.63, 3.8) is 0 Å². The zero-order valence-electron chi connectivity index (χ0n) is 13.2. The molecule has 7 heteroatoms. The number of amides is 1. The minimum atomic E-state index is -0.619. The third-order valence-corrected chi connectivity index (χ3v) is 4.28. The Morgan fingerprint density at radius 2 is 1.88 bits per heavy atom. The molecule has 122 valence electrons. The van der Waals surface area contributed by atoms with Crippen LogP contribution in [-0.4, -0.2) is 36.8 Å². The van der Waals surface area contributed by atoms with Crippen LogP contribution in [0.15, 0.2) is 42.2 Å². The molecule has 1 aliphatic heterocycles. The molecule has 0 aliphatic carbocycles. The molecular formula is C17H15ClN4O2. The molecular weight excluding hydrogens is 328 g/mol. The zero-order chi connectivity index (χ0) is 17.3. The van der Waals surface area contributed by atoms with E-state index in [1.807, 2.05) is 44.4 Å². The van der Waals surface area contributed by atoms with E-state index in [2.05, 4.69) is 9.97 Å². The topological polar surface area (TPSA) is 66.4 Å². The van der Waals surface area contributed by atoms with E-state index in [0.717, 1.165) is 5.56 Å². The number of carbonyl (C=O) groups excluding carboxylic acids is 2. The molecule has 3 rings (SSSR count). The lowest BCUT2D eigenvalue weighted by Gasteiger charge is -2.35. The fraction of sp³-hybridized carbons (Fsp3) is 0.176. The van der Waals surface area contributed by atoms with Gasteiger partial charge in [-0.15, -0.1) is 0 Å². The lowest BCUT2D eigenvalue weighted by molar-refractivity contribution is -0.108. The number of nitrogens with zero attached hydrogens (tertiary/aromatic N) is 4. The smallest absolute Gasteiger partial charge is 0.216 e. The van der Waals surface area contributed by atoms with Crippen LogP contribution >= 0.6 is 11.6 Å². The molecule has 0 N–H and O–H groups in total. The molecule has 0 spiro atoms. The van der Waals surface area contributed by atoms with Gasteiger partial charge in [0.1, 0.15) is 24.2 Å². The Labute approximate surface area is 144 Å². The van der Waals surface area contributed by atoms with Gasteiger partial charge in [0.25, 0.3) is 0 Å². The number of hydrogen-bond donors (Lipinski definition) is 0. The molecule has 1 atom stereocenters. The van der Waals surface area contributed by atoms with Crippen molar-refractivity contribution in [2.45, 2.75) is 6.04 Å². The van der Waals surface area contributed by atoms with Crippen molar-refractivity contribution in [1.82, 2.24) is 9.97 Å². The molecule has 1 aliphatic rings. The second kappa shape index (κ2) is 6.41. The van der Waals surface area contributed by atoms with E-state index in [9.17, 15) is 9.59 Å². The van der Waals surface area contributed by atoms with Gasteiger partial charge in [0.2, 0.25) is 6.41 Å². The Morgan fingerprint density at radius 3 is 2.46 bits per heavy atom. The van der Waals surface area contributed by atoms with Gasteiger partial charge in [-0.2, -0.15) is 0 Å². The Kier molecular flexibility index (Phi) is 4.31. The summed E-state index contributed by atoms with van der Waals surface area (Å²) in [6.45, 7) is 0. The normalized spacial score (nSPS) is 16.6. The molecule has 0 fully saturated rings. The SMILES string of the molecule is CN(C)c1ncnc2c1C(Cl)=C(C=O)C(c1ccccc1)N2C=O. The second-order valence-corrected chi connectivity index (χ2v) is 5.88. The van der Waals surface area contributed by atoms with Crippen LogP contribution < -0.4 is 9.80 Å². The van der Waals surface area contributed by atoms with Crippen molar-refractivity contribution in [3.05, 3.63) is 53.4 Å². The van der Waals surface area contributed by atoms with Gasteiger partial charge in [-0.1, -0.05) is 41.9 Å². The average molecular weight is 343 g/mol. The van der Waals surface area contributed by atoms with Gasteiger partial charge in [0, 0.05) is 19.7 Å². The summed E-state index contributed by atoms with van der Waals surface area (Å²) in [5.74, 6) is 0.927. The average Bonchev–Trinajstić information content (AvgIpc) is 2.61. The third-order valence-electron chi connectivity index (χ3n) is 3.88. The van der Waals surface area contributed by atoms with E-state index < -0.39 is 6.04 Å². The fourth-order valence-corrected chi connectivity index (χ4v) is 3.15. The highest BCUT2D eigenvalue weighted by Crippen LogP contribution is 2.46. The maximum Gasteiger partial charge on any atom is 0.216 e. The van der Waals surface area contributed by atoms with Crippen molar-refractivity contribution >= 4 is 41.0 Å². The molecule has 24 heavy (non-hydrogen) atoms. The Hall–Kier alpha value is -2.73. The minimum Gasteiger partial charge on any atom is -0.362 e. The summed E-state index contributed by atoms with van der Waals surface area (Å²) in [4.78, 5) is 35.2. The van der Waals surface area contributed by atoms with E-state index in [1.54, 1.807) is 4.90 Å². The third kappa shape index (κ3) is 2.45. The summed E-state index contributed by atoms with van der Waals surface area (Å²) in [6, 6.07) is 8.61. The number of carbonyl (C=O) groups is 2. The number of aromatic nitrogens is 2. The number of fused-ring (bicyclic) bond motifs is 1. The van der Waals surface area contributed by atoms with E-state index in [1.165, 1.54) is 11.2 Å².